The summed E-state index contributed by atoms with van der Waals surface area (Å²) in [4.78, 5) is 22.9. The number of aliphatic carboxylic acids is 1. The van der Waals surface area contributed by atoms with Crippen LogP contribution >= 0.6 is 0 Å². The van der Waals surface area contributed by atoms with E-state index in [-0.39, 0.29) is 6.42 Å². The molecule has 0 spiro atoms. The zero-order chi connectivity index (χ0) is 16.2. The average molecular weight is 295 g/mol. The first-order valence-corrected chi connectivity index (χ1v) is 6.44. The molecule has 0 fully saturated rings. The summed E-state index contributed by atoms with van der Waals surface area (Å²) in [5, 5.41) is 11.5. The maximum Gasteiger partial charge on any atom is 0.408 e. The Balaban J connectivity index is 2.76. The number of rotatable bonds is 4. The molecule has 0 aliphatic carbocycles. The SMILES string of the molecule is CC(C)(C)OC(=O)N[C@@H](Cc1ccc(N)c(N)c1)C(=O)O. The minimum absolute atomic E-state index is 0.0824. The predicted octanol–water partition coefficient (Wildman–Crippen LogP) is 1.37. The Hall–Kier alpha value is -2.44. The van der Waals surface area contributed by atoms with E-state index in [0.717, 1.165) is 0 Å². The summed E-state index contributed by atoms with van der Waals surface area (Å²) in [5.41, 5.74) is 12.0. The highest BCUT2D eigenvalue weighted by Crippen LogP contribution is 2.17. The van der Waals surface area contributed by atoms with Crippen LogP contribution in [0.25, 0.3) is 0 Å². The fourth-order valence-corrected chi connectivity index (χ4v) is 1.64. The van der Waals surface area contributed by atoms with Crippen LogP contribution in [-0.4, -0.2) is 28.8 Å². The van der Waals surface area contributed by atoms with E-state index in [0.29, 0.717) is 16.9 Å². The molecule has 1 atom stereocenters. The molecule has 116 valence electrons. The van der Waals surface area contributed by atoms with E-state index in [1.54, 1.807) is 39.0 Å². The number of carboxylic acids is 1. The molecule has 6 N–H and O–H groups in total. The summed E-state index contributed by atoms with van der Waals surface area (Å²) >= 11 is 0. The van der Waals surface area contributed by atoms with E-state index >= 15 is 0 Å². The number of carbonyl (C=O) groups is 2. The second-order valence-corrected chi connectivity index (χ2v) is 5.70. The van der Waals surface area contributed by atoms with E-state index in [1.165, 1.54) is 0 Å². The first-order valence-electron chi connectivity index (χ1n) is 6.44. The van der Waals surface area contributed by atoms with Crippen molar-refractivity contribution in [3.8, 4) is 0 Å². The second kappa shape index (κ2) is 6.34. The van der Waals surface area contributed by atoms with E-state index < -0.39 is 23.7 Å². The number of hydrogen-bond acceptors (Lipinski definition) is 5. The molecule has 1 aromatic carbocycles. The Kier molecular flexibility index (Phi) is 5.02. The second-order valence-electron chi connectivity index (χ2n) is 5.70. The zero-order valence-corrected chi connectivity index (χ0v) is 12.3. The lowest BCUT2D eigenvalue weighted by Crippen LogP contribution is -2.44. The van der Waals surface area contributed by atoms with Gasteiger partial charge in [0.25, 0.3) is 0 Å². The third kappa shape index (κ3) is 5.60. The van der Waals surface area contributed by atoms with Crippen LogP contribution in [0.2, 0.25) is 0 Å². The van der Waals surface area contributed by atoms with Gasteiger partial charge in [-0.25, -0.2) is 9.59 Å². The van der Waals surface area contributed by atoms with Crippen LogP contribution in [0.4, 0.5) is 16.2 Å². The highest BCUT2D eigenvalue weighted by Gasteiger charge is 2.24. The summed E-state index contributed by atoms with van der Waals surface area (Å²) in [7, 11) is 0. The topological polar surface area (TPSA) is 128 Å². The number of amides is 1. The average Bonchev–Trinajstić information content (AvgIpc) is 2.30. The van der Waals surface area contributed by atoms with Crippen molar-refractivity contribution in [3.05, 3.63) is 23.8 Å². The van der Waals surface area contributed by atoms with Gasteiger partial charge in [-0.2, -0.15) is 0 Å². The third-order valence-corrected chi connectivity index (χ3v) is 2.58. The minimum atomic E-state index is -1.16. The van der Waals surface area contributed by atoms with Crippen LogP contribution in [0.15, 0.2) is 18.2 Å². The summed E-state index contributed by atoms with van der Waals surface area (Å²) < 4.78 is 5.04. The van der Waals surface area contributed by atoms with Gasteiger partial charge in [-0.15, -0.1) is 0 Å². The quantitative estimate of drug-likeness (QED) is 0.621. The number of hydrogen-bond donors (Lipinski definition) is 4. The van der Waals surface area contributed by atoms with Gasteiger partial charge in [0.2, 0.25) is 0 Å². The molecule has 7 nitrogen and oxygen atoms in total. The number of nitrogens with one attached hydrogen (secondary N) is 1. The highest BCUT2D eigenvalue weighted by molar-refractivity contribution is 5.80. The van der Waals surface area contributed by atoms with Gasteiger partial charge in [-0.05, 0) is 38.5 Å². The van der Waals surface area contributed by atoms with Crippen LogP contribution < -0.4 is 16.8 Å². The summed E-state index contributed by atoms with van der Waals surface area (Å²) in [6.07, 6.45) is -0.697. The first kappa shape index (κ1) is 16.6. The Morgan fingerprint density at radius 1 is 1.29 bits per heavy atom. The molecule has 7 heteroatoms. The molecular weight excluding hydrogens is 274 g/mol. The van der Waals surface area contributed by atoms with Crippen LogP contribution in [0, 0.1) is 0 Å². The zero-order valence-electron chi connectivity index (χ0n) is 12.3. The maximum absolute atomic E-state index is 11.6. The van der Waals surface area contributed by atoms with E-state index in [2.05, 4.69) is 5.32 Å². The van der Waals surface area contributed by atoms with E-state index in [1.807, 2.05) is 0 Å². The molecule has 0 radical (unpaired) electrons. The third-order valence-electron chi connectivity index (χ3n) is 2.58. The Morgan fingerprint density at radius 2 is 1.90 bits per heavy atom. The number of benzene rings is 1. The monoisotopic (exact) mass is 295 g/mol. The van der Waals surface area contributed by atoms with Crippen molar-refractivity contribution >= 4 is 23.4 Å². The lowest BCUT2D eigenvalue weighted by Gasteiger charge is -2.22. The van der Waals surface area contributed by atoms with E-state index in [9.17, 15) is 14.7 Å². The fraction of sp³-hybridized carbons (Fsp3) is 0.429. The van der Waals surface area contributed by atoms with Gasteiger partial charge in [0.1, 0.15) is 11.6 Å². The van der Waals surface area contributed by atoms with E-state index in [4.69, 9.17) is 16.2 Å². The van der Waals surface area contributed by atoms with Crippen molar-refractivity contribution in [1.29, 1.82) is 0 Å². The van der Waals surface area contributed by atoms with Gasteiger partial charge >= 0.3 is 12.1 Å². The Morgan fingerprint density at radius 3 is 2.38 bits per heavy atom. The van der Waals surface area contributed by atoms with Crippen molar-refractivity contribution in [3.63, 3.8) is 0 Å². The molecule has 21 heavy (non-hydrogen) atoms. The molecule has 0 saturated heterocycles. The molecule has 0 aromatic heterocycles. The highest BCUT2D eigenvalue weighted by atomic mass is 16.6. The van der Waals surface area contributed by atoms with Crippen LogP contribution in [0.1, 0.15) is 26.3 Å². The number of ether oxygens (including phenoxy) is 1. The molecule has 1 aromatic rings. The Labute approximate surface area is 123 Å². The predicted molar refractivity (Wildman–Crippen MR) is 79.8 cm³/mol. The summed E-state index contributed by atoms with van der Waals surface area (Å²) in [6.45, 7) is 5.09. The number of nitrogen functional groups attached to an aromatic ring is 2. The number of nitrogens with two attached hydrogens (primary N) is 2. The van der Waals surface area contributed by atoms with Gasteiger partial charge in [-0.3, -0.25) is 0 Å². The number of alkyl carbamates (subject to hydrolysis) is 1. The molecule has 0 bridgehead atoms. The first-order chi connectivity index (χ1) is 9.58. The number of carboxylic acid groups (broad SMARTS) is 1. The molecule has 0 heterocycles. The van der Waals surface area contributed by atoms with Gasteiger partial charge in [0, 0.05) is 6.42 Å². The fourth-order valence-electron chi connectivity index (χ4n) is 1.64. The van der Waals surface area contributed by atoms with Gasteiger partial charge in [0.05, 0.1) is 11.4 Å². The lowest BCUT2D eigenvalue weighted by molar-refractivity contribution is -0.139. The largest absolute Gasteiger partial charge is 0.480 e. The molecule has 0 aliphatic rings. The number of anilines is 2. The molecule has 1 rings (SSSR count). The number of carbonyl (C=O) groups excluding carboxylic acids is 1. The van der Waals surface area contributed by atoms with Crippen molar-refractivity contribution in [2.24, 2.45) is 0 Å². The van der Waals surface area contributed by atoms with Crippen molar-refractivity contribution in [1.82, 2.24) is 5.32 Å². The molecule has 1 amide bonds. The summed E-state index contributed by atoms with van der Waals surface area (Å²) in [6, 6.07) is 3.74. The summed E-state index contributed by atoms with van der Waals surface area (Å²) in [5.74, 6) is -1.16. The smallest absolute Gasteiger partial charge is 0.408 e. The van der Waals surface area contributed by atoms with Crippen molar-refractivity contribution in [2.45, 2.75) is 38.8 Å². The van der Waals surface area contributed by atoms with Gasteiger partial charge in [-0.1, -0.05) is 6.07 Å². The molecule has 0 unspecified atom stereocenters. The minimum Gasteiger partial charge on any atom is -0.480 e. The van der Waals surface area contributed by atoms with Crippen LogP contribution in [0.3, 0.4) is 0 Å². The van der Waals surface area contributed by atoms with Crippen molar-refractivity contribution < 1.29 is 19.4 Å². The molecule has 0 aliphatic heterocycles. The van der Waals surface area contributed by atoms with Crippen LogP contribution in [0.5, 0.6) is 0 Å². The van der Waals surface area contributed by atoms with Gasteiger partial charge in [0.15, 0.2) is 0 Å². The standard InChI is InChI=1S/C14H21N3O4/c1-14(2,3)21-13(20)17-11(12(18)19)7-8-4-5-9(15)10(16)6-8/h4-6,11H,7,15-16H2,1-3H3,(H,17,20)(H,18,19)/t11-/m0/s1. The van der Waals surface area contributed by atoms with Gasteiger partial charge < -0.3 is 26.6 Å². The maximum atomic E-state index is 11.6. The normalized spacial score (nSPS) is 12.5. The Bertz CT molecular complexity index is 538. The molecular formula is C14H21N3O4. The molecule has 0 saturated carbocycles. The van der Waals surface area contributed by atoms with Crippen LogP contribution in [-0.2, 0) is 16.0 Å². The van der Waals surface area contributed by atoms with Crippen molar-refractivity contribution in [2.75, 3.05) is 11.5 Å². The lowest BCUT2D eigenvalue weighted by atomic mass is 10.0.